The van der Waals surface area contributed by atoms with E-state index in [0.29, 0.717) is 0 Å². The molecule has 0 bridgehead atoms. The molecule has 1 aromatic rings. The molecule has 6 heteroatoms. The van der Waals surface area contributed by atoms with Crippen LogP contribution in [0.15, 0.2) is 29.4 Å². The number of halogens is 2. The summed E-state index contributed by atoms with van der Waals surface area (Å²) >= 11 is 0. The van der Waals surface area contributed by atoms with Crippen molar-refractivity contribution in [1.29, 1.82) is 0 Å². The first-order valence-electron chi connectivity index (χ1n) is 3.33. The minimum atomic E-state index is -2.92. The van der Waals surface area contributed by atoms with Gasteiger partial charge in [-0.15, -0.1) is 0 Å². The van der Waals surface area contributed by atoms with Crippen LogP contribution in [0.5, 0.6) is 5.75 Å². The number of para-hydroxylation sites is 1. The highest BCUT2D eigenvalue weighted by atomic mass is 19.3. The zero-order valence-corrected chi connectivity index (χ0v) is 6.39. The Hall–Kier alpha value is -1.81. The van der Waals surface area contributed by atoms with E-state index in [2.05, 4.69) is 14.8 Å². The summed E-state index contributed by atoms with van der Waals surface area (Å²) in [6, 6.07) is 5.75. The van der Waals surface area contributed by atoms with Gasteiger partial charge in [0.2, 0.25) is 0 Å². The Bertz CT molecular complexity index is 336. The van der Waals surface area contributed by atoms with Crippen LogP contribution in [-0.2, 0) is 0 Å². The molecule has 0 unspecified atom stereocenters. The van der Waals surface area contributed by atoms with Crippen LogP contribution < -0.4 is 4.74 Å². The smallest absolute Gasteiger partial charge is 0.387 e. The van der Waals surface area contributed by atoms with Crippen molar-refractivity contribution in [3.8, 4) is 5.75 Å². The van der Waals surface area contributed by atoms with E-state index in [-0.39, 0.29) is 11.4 Å². The fourth-order valence-electron chi connectivity index (χ4n) is 0.784. The van der Waals surface area contributed by atoms with Gasteiger partial charge in [0.25, 0.3) is 0 Å². The number of hydrogen-bond acceptors (Lipinski definition) is 2. The lowest BCUT2D eigenvalue weighted by atomic mass is 10.3. The van der Waals surface area contributed by atoms with Crippen molar-refractivity contribution in [1.82, 2.24) is 0 Å². The molecule has 0 atom stereocenters. The zero-order valence-electron chi connectivity index (χ0n) is 6.39. The minimum absolute atomic E-state index is 0.0466. The highest BCUT2D eigenvalue weighted by molar-refractivity contribution is 5.50. The quantitative estimate of drug-likeness (QED) is 0.405. The molecule has 13 heavy (non-hydrogen) atoms. The molecule has 0 heterocycles. The number of nitrogens with zero attached hydrogens (tertiary/aromatic N) is 3. The fourth-order valence-corrected chi connectivity index (χ4v) is 0.784. The summed E-state index contributed by atoms with van der Waals surface area (Å²) in [6.07, 6.45) is 0. The van der Waals surface area contributed by atoms with Crippen molar-refractivity contribution in [2.45, 2.75) is 6.61 Å². The molecule has 1 rings (SSSR count). The highest BCUT2D eigenvalue weighted by Crippen LogP contribution is 2.28. The lowest BCUT2D eigenvalue weighted by Gasteiger charge is -2.05. The molecule has 0 aliphatic carbocycles. The van der Waals surface area contributed by atoms with Gasteiger partial charge in [0.05, 0.1) is 5.69 Å². The number of hydrogen-bond donors (Lipinski definition) is 0. The third-order valence-corrected chi connectivity index (χ3v) is 1.23. The first-order valence-corrected chi connectivity index (χ1v) is 3.33. The summed E-state index contributed by atoms with van der Waals surface area (Å²) in [5.74, 6) is -0.129. The zero-order chi connectivity index (χ0) is 9.68. The van der Waals surface area contributed by atoms with E-state index in [1.165, 1.54) is 18.2 Å². The summed E-state index contributed by atoms with van der Waals surface area (Å²) in [6.45, 7) is -2.92. The van der Waals surface area contributed by atoms with Gasteiger partial charge in [-0.3, -0.25) is 0 Å². The molecule has 0 aliphatic heterocycles. The van der Waals surface area contributed by atoms with Crippen LogP contribution in [0, 0.1) is 0 Å². The van der Waals surface area contributed by atoms with E-state index in [1.54, 1.807) is 6.07 Å². The highest BCUT2D eigenvalue weighted by Gasteiger charge is 2.06. The van der Waals surface area contributed by atoms with Crippen LogP contribution >= 0.6 is 0 Å². The second-order valence-electron chi connectivity index (χ2n) is 2.04. The van der Waals surface area contributed by atoms with Gasteiger partial charge in [0.15, 0.2) is 0 Å². The normalized spacial score (nSPS) is 9.46. The molecule has 0 radical (unpaired) electrons. The van der Waals surface area contributed by atoms with Crippen LogP contribution in [0.2, 0.25) is 0 Å². The van der Waals surface area contributed by atoms with Gasteiger partial charge in [-0.05, 0) is 17.7 Å². The fraction of sp³-hybridized carbons (Fsp3) is 0.143. The minimum Gasteiger partial charge on any atom is -0.434 e. The van der Waals surface area contributed by atoms with Crippen LogP contribution in [-0.4, -0.2) is 6.61 Å². The molecule has 0 aromatic heterocycles. The Morgan fingerprint density at radius 2 is 2.08 bits per heavy atom. The Balaban J connectivity index is 2.97. The number of alkyl halides is 2. The first-order chi connectivity index (χ1) is 6.24. The predicted octanol–water partition coefficient (Wildman–Crippen LogP) is 3.23. The third kappa shape index (κ3) is 2.61. The van der Waals surface area contributed by atoms with Crippen molar-refractivity contribution in [2.24, 2.45) is 5.11 Å². The van der Waals surface area contributed by atoms with Crippen LogP contribution in [0.3, 0.4) is 0 Å². The molecule has 0 spiro atoms. The SMILES string of the molecule is [N-]=[N+]=Nc1ccccc1OC(F)F. The molecule has 0 aliphatic rings. The monoisotopic (exact) mass is 185 g/mol. The van der Waals surface area contributed by atoms with Crippen molar-refractivity contribution in [3.63, 3.8) is 0 Å². The summed E-state index contributed by atoms with van der Waals surface area (Å²) in [5.41, 5.74) is 8.14. The summed E-state index contributed by atoms with van der Waals surface area (Å²) < 4.78 is 27.7. The van der Waals surface area contributed by atoms with E-state index in [9.17, 15) is 8.78 Å². The van der Waals surface area contributed by atoms with Crippen molar-refractivity contribution in [3.05, 3.63) is 34.7 Å². The Labute approximate surface area is 72.4 Å². The number of azide groups is 1. The van der Waals surface area contributed by atoms with Crippen molar-refractivity contribution in [2.75, 3.05) is 0 Å². The second-order valence-corrected chi connectivity index (χ2v) is 2.04. The van der Waals surface area contributed by atoms with E-state index in [0.717, 1.165) is 0 Å². The summed E-state index contributed by atoms with van der Waals surface area (Å²) in [7, 11) is 0. The standard InChI is InChI=1S/C7H5F2N3O/c8-7(9)13-6-4-2-1-3-5(6)11-12-10/h1-4,7H. The number of benzene rings is 1. The summed E-state index contributed by atoms with van der Waals surface area (Å²) in [4.78, 5) is 2.47. The topological polar surface area (TPSA) is 58.0 Å². The van der Waals surface area contributed by atoms with Gasteiger partial charge in [-0.25, -0.2) is 0 Å². The van der Waals surface area contributed by atoms with E-state index < -0.39 is 6.61 Å². The van der Waals surface area contributed by atoms with E-state index in [4.69, 9.17) is 5.53 Å². The van der Waals surface area contributed by atoms with Gasteiger partial charge in [0, 0.05) is 4.91 Å². The lowest BCUT2D eigenvalue weighted by molar-refractivity contribution is -0.0494. The van der Waals surface area contributed by atoms with Gasteiger partial charge < -0.3 is 4.74 Å². The predicted molar refractivity (Wildman–Crippen MR) is 41.9 cm³/mol. The first kappa shape index (κ1) is 9.28. The molecule has 0 amide bonds. The molecule has 4 nitrogen and oxygen atoms in total. The Morgan fingerprint density at radius 1 is 1.38 bits per heavy atom. The van der Waals surface area contributed by atoms with Crippen LogP contribution in [0.4, 0.5) is 14.5 Å². The molecule has 0 N–H and O–H groups in total. The molecular formula is C7H5F2N3O. The van der Waals surface area contributed by atoms with Crippen molar-refractivity contribution < 1.29 is 13.5 Å². The summed E-state index contributed by atoms with van der Waals surface area (Å²) in [5, 5.41) is 3.18. The average Bonchev–Trinajstić information content (AvgIpc) is 2.08. The molecular weight excluding hydrogens is 180 g/mol. The molecule has 1 aromatic carbocycles. The molecule has 0 fully saturated rings. The molecule has 0 saturated carbocycles. The van der Waals surface area contributed by atoms with Gasteiger partial charge >= 0.3 is 6.61 Å². The largest absolute Gasteiger partial charge is 0.434 e. The Morgan fingerprint density at radius 3 is 2.69 bits per heavy atom. The van der Waals surface area contributed by atoms with Gasteiger partial charge in [-0.2, -0.15) is 8.78 Å². The second kappa shape index (κ2) is 4.27. The van der Waals surface area contributed by atoms with E-state index in [1.807, 2.05) is 0 Å². The molecule has 0 saturated heterocycles. The number of rotatable bonds is 3. The van der Waals surface area contributed by atoms with Gasteiger partial charge in [0.1, 0.15) is 5.75 Å². The third-order valence-electron chi connectivity index (χ3n) is 1.23. The average molecular weight is 185 g/mol. The van der Waals surface area contributed by atoms with Crippen LogP contribution in [0.25, 0.3) is 10.4 Å². The van der Waals surface area contributed by atoms with Crippen LogP contribution in [0.1, 0.15) is 0 Å². The maximum atomic E-state index is 11.8. The molecule has 68 valence electrons. The van der Waals surface area contributed by atoms with Gasteiger partial charge in [-0.1, -0.05) is 17.2 Å². The maximum absolute atomic E-state index is 11.8. The van der Waals surface area contributed by atoms with Crippen molar-refractivity contribution >= 4 is 5.69 Å². The Kier molecular flexibility index (Phi) is 3.05. The lowest BCUT2D eigenvalue weighted by Crippen LogP contribution is -2.01. The number of ether oxygens (including phenoxy) is 1. The maximum Gasteiger partial charge on any atom is 0.387 e. The van der Waals surface area contributed by atoms with E-state index >= 15 is 0 Å².